The fourth-order valence-corrected chi connectivity index (χ4v) is 3.21. The second kappa shape index (κ2) is 7.17. The number of likely N-dealkylation sites (tertiary alicyclic amines) is 1. The highest BCUT2D eigenvalue weighted by Gasteiger charge is 2.33. The minimum Gasteiger partial charge on any atom is -0.485 e. The molecular formula is C17H25N3O3. The van der Waals surface area contributed by atoms with E-state index in [0.29, 0.717) is 13.2 Å². The van der Waals surface area contributed by atoms with Gasteiger partial charge in [-0.1, -0.05) is 0 Å². The molecule has 0 aromatic carbocycles. The number of rotatable bonds is 4. The van der Waals surface area contributed by atoms with Crippen molar-refractivity contribution in [1.29, 1.82) is 0 Å². The van der Waals surface area contributed by atoms with Gasteiger partial charge in [-0.2, -0.15) is 0 Å². The molecule has 2 aliphatic heterocycles. The summed E-state index contributed by atoms with van der Waals surface area (Å²) in [6.07, 6.45) is 4.57. The lowest BCUT2D eigenvalue weighted by atomic mass is 10.0. The highest BCUT2D eigenvalue weighted by Crippen LogP contribution is 2.27. The third-order valence-corrected chi connectivity index (χ3v) is 4.43. The first kappa shape index (κ1) is 16.1. The first-order chi connectivity index (χ1) is 11.1. The Kier molecular flexibility index (Phi) is 5.00. The van der Waals surface area contributed by atoms with Crippen LogP contribution in [0.5, 0.6) is 5.75 Å². The van der Waals surface area contributed by atoms with Crippen molar-refractivity contribution in [1.82, 2.24) is 9.88 Å². The molecule has 1 aromatic rings. The number of hydrogen-bond acceptors (Lipinski definition) is 5. The maximum Gasteiger partial charge on any atom is 0.228 e. The van der Waals surface area contributed by atoms with Gasteiger partial charge < -0.3 is 19.3 Å². The summed E-state index contributed by atoms with van der Waals surface area (Å²) in [7, 11) is 3.89. The van der Waals surface area contributed by atoms with Crippen molar-refractivity contribution in [2.75, 3.05) is 45.3 Å². The fraction of sp³-hybridized carbons (Fsp3) is 0.647. The van der Waals surface area contributed by atoms with Gasteiger partial charge >= 0.3 is 0 Å². The average molecular weight is 319 g/mol. The number of nitrogens with zero attached hydrogens (tertiary/aromatic N) is 3. The summed E-state index contributed by atoms with van der Waals surface area (Å²) in [5.74, 6) is 1.84. The molecular weight excluding hydrogens is 294 g/mol. The van der Waals surface area contributed by atoms with Crippen molar-refractivity contribution < 1.29 is 14.3 Å². The summed E-state index contributed by atoms with van der Waals surface area (Å²) in [6.45, 7) is 2.76. The molecule has 0 N–H and O–H groups in total. The van der Waals surface area contributed by atoms with Gasteiger partial charge in [-0.15, -0.1) is 0 Å². The Hall–Kier alpha value is -1.82. The van der Waals surface area contributed by atoms with Crippen LogP contribution in [0, 0.1) is 5.92 Å². The number of hydrogen-bond donors (Lipinski definition) is 0. The van der Waals surface area contributed by atoms with Gasteiger partial charge in [0.25, 0.3) is 0 Å². The van der Waals surface area contributed by atoms with Gasteiger partial charge in [-0.25, -0.2) is 4.98 Å². The van der Waals surface area contributed by atoms with Crippen LogP contribution in [-0.4, -0.2) is 62.3 Å². The van der Waals surface area contributed by atoms with E-state index in [9.17, 15) is 4.79 Å². The molecule has 6 nitrogen and oxygen atoms in total. The molecule has 3 rings (SSSR count). The van der Waals surface area contributed by atoms with E-state index < -0.39 is 0 Å². The molecule has 2 atom stereocenters. The van der Waals surface area contributed by atoms with Crippen LogP contribution in [-0.2, 0) is 9.53 Å². The number of amides is 1. The van der Waals surface area contributed by atoms with E-state index in [1.54, 1.807) is 6.20 Å². The van der Waals surface area contributed by atoms with Crippen LogP contribution >= 0.6 is 0 Å². The molecule has 126 valence electrons. The fourth-order valence-electron chi connectivity index (χ4n) is 3.21. The van der Waals surface area contributed by atoms with Gasteiger partial charge in [0, 0.05) is 39.9 Å². The zero-order chi connectivity index (χ0) is 16.2. The highest BCUT2D eigenvalue weighted by molar-refractivity contribution is 5.79. The Balaban J connectivity index is 1.59. The topological polar surface area (TPSA) is 54.9 Å². The lowest BCUT2D eigenvalue weighted by Crippen LogP contribution is -2.39. The number of pyridine rings is 1. The van der Waals surface area contributed by atoms with Crippen molar-refractivity contribution in [3.8, 4) is 5.75 Å². The first-order valence-electron chi connectivity index (χ1n) is 8.30. The normalized spacial score (nSPS) is 24.5. The molecule has 0 saturated carbocycles. The van der Waals surface area contributed by atoms with Gasteiger partial charge in [0.1, 0.15) is 6.10 Å². The zero-order valence-electron chi connectivity index (χ0n) is 13.9. The van der Waals surface area contributed by atoms with Gasteiger partial charge in [0.05, 0.1) is 19.1 Å². The van der Waals surface area contributed by atoms with Crippen molar-refractivity contribution in [2.45, 2.75) is 25.4 Å². The third-order valence-electron chi connectivity index (χ3n) is 4.43. The lowest BCUT2D eigenvalue weighted by molar-refractivity contribution is -0.138. The second-order valence-corrected chi connectivity index (χ2v) is 6.45. The Labute approximate surface area is 137 Å². The molecule has 0 spiro atoms. The van der Waals surface area contributed by atoms with Crippen LogP contribution in [0.15, 0.2) is 18.3 Å². The van der Waals surface area contributed by atoms with Crippen LogP contribution in [0.3, 0.4) is 0 Å². The predicted molar refractivity (Wildman–Crippen MR) is 87.7 cm³/mol. The van der Waals surface area contributed by atoms with Gasteiger partial charge in [0.2, 0.25) is 5.91 Å². The smallest absolute Gasteiger partial charge is 0.228 e. The van der Waals surface area contributed by atoms with E-state index in [-0.39, 0.29) is 17.9 Å². The quantitative estimate of drug-likeness (QED) is 0.843. The largest absolute Gasteiger partial charge is 0.485 e. The molecule has 0 radical (unpaired) electrons. The minimum absolute atomic E-state index is 0.0261. The molecule has 1 aromatic heterocycles. The first-order valence-corrected chi connectivity index (χ1v) is 8.30. The van der Waals surface area contributed by atoms with Crippen LogP contribution in [0.2, 0.25) is 0 Å². The summed E-state index contributed by atoms with van der Waals surface area (Å²) < 4.78 is 11.5. The monoisotopic (exact) mass is 319 g/mol. The van der Waals surface area contributed by atoms with E-state index in [2.05, 4.69) is 4.98 Å². The summed E-state index contributed by atoms with van der Waals surface area (Å²) in [5.41, 5.74) is 0. The summed E-state index contributed by atoms with van der Waals surface area (Å²) >= 11 is 0. The number of carbonyl (C=O) groups is 1. The lowest BCUT2D eigenvalue weighted by Gasteiger charge is -2.26. The van der Waals surface area contributed by atoms with Gasteiger partial charge in [0.15, 0.2) is 11.6 Å². The van der Waals surface area contributed by atoms with Gasteiger partial charge in [-0.3, -0.25) is 4.79 Å². The molecule has 0 unspecified atom stereocenters. The maximum absolute atomic E-state index is 12.5. The highest BCUT2D eigenvalue weighted by atomic mass is 16.5. The van der Waals surface area contributed by atoms with Crippen LogP contribution < -0.4 is 9.64 Å². The predicted octanol–water partition coefficient (Wildman–Crippen LogP) is 1.55. The maximum atomic E-state index is 12.5. The molecule has 6 heteroatoms. The van der Waals surface area contributed by atoms with E-state index in [1.807, 2.05) is 36.0 Å². The number of ether oxygens (including phenoxy) is 2. The molecule has 3 heterocycles. The summed E-state index contributed by atoms with van der Waals surface area (Å²) in [4.78, 5) is 20.8. The van der Waals surface area contributed by atoms with Gasteiger partial charge in [-0.05, 0) is 25.0 Å². The number of anilines is 1. The average Bonchev–Trinajstić information content (AvgIpc) is 3.04. The standard InChI is InChI=1S/C17H25N3O3/c1-19(2)16-15(6-3-8-18-16)23-14-7-9-20(11-14)17(21)13-5-4-10-22-12-13/h3,6,8,13-14H,4-5,7,9-12H2,1-2H3/t13-,14+/m1/s1. The molecule has 2 fully saturated rings. The Bertz CT molecular complexity index is 544. The van der Waals surface area contributed by atoms with Crippen molar-refractivity contribution >= 4 is 11.7 Å². The molecule has 23 heavy (non-hydrogen) atoms. The van der Waals surface area contributed by atoms with Crippen molar-refractivity contribution in [2.24, 2.45) is 5.92 Å². The molecule has 0 bridgehead atoms. The Morgan fingerprint density at radius 3 is 3.04 bits per heavy atom. The van der Waals surface area contributed by atoms with Crippen LogP contribution in [0.4, 0.5) is 5.82 Å². The van der Waals surface area contributed by atoms with Crippen LogP contribution in [0.1, 0.15) is 19.3 Å². The van der Waals surface area contributed by atoms with Crippen LogP contribution in [0.25, 0.3) is 0 Å². The summed E-state index contributed by atoms with van der Waals surface area (Å²) in [5, 5.41) is 0. The molecule has 0 aliphatic carbocycles. The van der Waals surface area contributed by atoms with E-state index in [0.717, 1.165) is 44.0 Å². The third kappa shape index (κ3) is 3.75. The van der Waals surface area contributed by atoms with Crippen molar-refractivity contribution in [3.05, 3.63) is 18.3 Å². The zero-order valence-corrected chi connectivity index (χ0v) is 13.9. The molecule has 1 amide bonds. The number of aromatic nitrogens is 1. The molecule has 2 saturated heterocycles. The van der Waals surface area contributed by atoms with E-state index in [4.69, 9.17) is 9.47 Å². The minimum atomic E-state index is 0.0261. The van der Waals surface area contributed by atoms with E-state index >= 15 is 0 Å². The Morgan fingerprint density at radius 1 is 1.43 bits per heavy atom. The SMILES string of the molecule is CN(C)c1ncccc1O[C@H]1CCN(C(=O)[C@@H]2CCCOC2)C1. The van der Waals surface area contributed by atoms with Crippen molar-refractivity contribution in [3.63, 3.8) is 0 Å². The number of carbonyl (C=O) groups excluding carboxylic acids is 1. The summed E-state index contributed by atoms with van der Waals surface area (Å²) in [6, 6.07) is 3.81. The van der Waals surface area contributed by atoms with E-state index in [1.165, 1.54) is 0 Å². The Morgan fingerprint density at radius 2 is 2.30 bits per heavy atom. The second-order valence-electron chi connectivity index (χ2n) is 6.45. The molecule has 2 aliphatic rings.